The molecule has 1 heterocycles. The minimum Gasteiger partial charge on any atom is -0.355 e. The molecule has 0 amide bonds. The number of guanidine groups is 1. The summed E-state index contributed by atoms with van der Waals surface area (Å²) >= 11 is 0. The maximum atomic E-state index is 4.34. The van der Waals surface area contributed by atoms with E-state index in [1.807, 2.05) is 7.05 Å². The molecule has 23 heavy (non-hydrogen) atoms. The van der Waals surface area contributed by atoms with Crippen molar-refractivity contribution in [2.45, 2.75) is 52.0 Å². The zero-order valence-electron chi connectivity index (χ0n) is 15.6. The molecule has 6 heteroatoms. The highest BCUT2D eigenvalue weighted by Gasteiger charge is 2.11. The first-order valence-corrected chi connectivity index (χ1v) is 9.03. The van der Waals surface area contributed by atoms with E-state index in [4.69, 9.17) is 0 Å². The van der Waals surface area contributed by atoms with Gasteiger partial charge in [-0.25, -0.2) is 0 Å². The SMILES string of the molecule is CCCCCC(C)NC(=NC)NCCN1CCCN(C)CC1.I. The third-order valence-corrected chi connectivity index (χ3v) is 4.38. The van der Waals surface area contributed by atoms with Gasteiger partial charge in [-0.3, -0.25) is 4.99 Å². The van der Waals surface area contributed by atoms with Crippen molar-refractivity contribution in [3.63, 3.8) is 0 Å². The fourth-order valence-corrected chi connectivity index (χ4v) is 2.86. The van der Waals surface area contributed by atoms with Crippen LogP contribution < -0.4 is 10.6 Å². The Morgan fingerprint density at radius 2 is 1.96 bits per heavy atom. The number of likely N-dealkylation sites (N-methyl/N-ethyl adjacent to an activating group) is 1. The van der Waals surface area contributed by atoms with Crippen molar-refractivity contribution >= 4 is 29.9 Å². The van der Waals surface area contributed by atoms with Gasteiger partial charge in [0.05, 0.1) is 0 Å². The zero-order valence-corrected chi connectivity index (χ0v) is 17.9. The highest BCUT2D eigenvalue weighted by Crippen LogP contribution is 2.02. The Kier molecular flexibility index (Phi) is 14.2. The molecule has 0 saturated carbocycles. The van der Waals surface area contributed by atoms with Crippen LogP contribution in [0.1, 0.15) is 46.0 Å². The lowest BCUT2D eigenvalue weighted by molar-refractivity contribution is 0.279. The number of rotatable bonds is 8. The summed E-state index contributed by atoms with van der Waals surface area (Å²) in [6.45, 7) is 11.4. The molecule has 1 rings (SSSR count). The Labute approximate surface area is 160 Å². The largest absolute Gasteiger partial charge is 0.355 e. The van der Waals surface area contributed by atoms with Crippen LogP contribution in [0.5, 0.6) is 0 Å². The Hall–Kier alpha value is -0.0800. The lowest BCUT2D eigenvalue weighted by Crippen LogP contribution is -2.45. The first kappa shape index (κ1) is 22.9. The smallest absolute Gasteiger partial charge is 0.191 e. The normalized spacial score (nSPS) is 18.9. The first-order valence-electron chi connectivity index (χ1n) is 9.03. The van der Waals surface area contributed by atoms with Crippen LogP contribution >= 0.6 is 24.0 Å². The number of hydrogen-bond acceptors (Lipinski definition) is 3. The molecule has 0 aromatic carbocycles. The van der Waals surface area contributed by atoms with Gasteiger partial charge in [-0.05, 0) is 39.9 Å². The molecular weight excluding hydrogens is 401 g/mol. The van der Waals surface area contributed by atoms with Crippen molar-refractivity contribution in [1.29, 1.82) is 0 Å². The van der Waals surface area contributed by atoms with Gasteiger partial charge in [-0.15, -0.1) is 24.0 Å². The van der Waals surface area contributed by atoms with Gasteiger partial charge in [-0.1, -0.05) is 26.2 Å². The van der Waals surface area contributed by atoms with Crippen molar-refractivity contribution in [2.75, 3.05) is 53.4 Å². The molecule has 138 valence electrons. The second kappa shape index (κ2) is 14.3. The molecule has 0 aromatic heterocycles. The van der Waals surface area contributed by atoms with Crippen LogP contribution in [0.4, 0.5) is 0 Å². The minimum absolute atomic E-state index is 0. The van der Waals surface area contributed by atoms with E-state index in [1.165, 1.54) is 58.3 Å². The second-order valence-electron chi connectivity index (χ2n) is 6.54. The topological polar surface area (TPSA) is 42.9 Å². The Morgan fingerprint density at radius 3 is 2.65 bits per heavy atom. The fraction of sp³-hybridized carbons (Fsp3) is 0.941. The summed E-state index contributed by atoms with van der Waals surface area (Å²) in [5.41, 5.74) is 0. The Bertz CT molecular complexity index is 311. The van der Waals surface area contributed by atoms with E-state index in [9.17, 15) is 0 Å². The molecule has 0 radical (unpaired) electrons. The molecule has 0 aromatic rings. The molecule has 0 bridgehead atoms. The molecule has 5 nitrogen and oxygen atoms in total. The second-order valence-corrected chi connectivity index (χ2v) is 6.54. The standard InChI is InChI=1S/C17H37N5.HI/c1-5-6-7-9-16(2)20-17(18-3)19-10-13-22-12-8-11-21(4)14-15-22;/h16H,5-15H2,1-4H3,(H2,18,19,20);1H. The highest BCUT2D eigenvalue weighted by molar-refractivity contribution is 14.0. The van der Waals surface area contributed by atoms with Crippen molar-refractivity contribution in [1.82, 2.24) is 20.4 Å². The van der Waals surface area contributed by atoms with Crippen LogP contribution in [0.15, 0.2) is 4.99 Å². The molecule has 1 fully saturated rings. The lowest BCUT2D eigenvalue weighted by Gasteiger charge is -2.22. The summed E-state index contributed by atoms with van der Waals surface area (Å²) in [5, 5.41) is 6.95. The number of halogens is 1. The number of nitrogens with one attached hydrogen (secondary N) is 2. The Balaban J connectivity index is 0.00000484. The molecule has 1 aliphatic heterocycles. The van der Waals surface area contributed by atoms with E-state index in [2.05, 4.69) is 46.3 Å². The van der Waals surface area contributed by atoms with E-state index in [0.29, 0.717) is 6.04 Å². The number of hydrogen-bond donors (Lipinski definition) is 2. The molecule has 1 unspecified atom stereocenters. The average Bonchev–Trinajstić information content (AvgIpc) is 2.71. The van der Waals surface area contributed by atoms with Gasteiger partial charge in [0.25, 0.3) is 0 Å². The highest BCUT2D eigenvalue weighted by atomic mass is 127. The van der Waals surface area contributed by atoms with E-state index in [0.717, 1.165) is 19.0 Å². The third kappa shape index (κ3) is 11.2. The third-order valence-electron chi connectivity index (χ3n) is 4.38. The average molecular weight is 439 g/mol. The predicted molar refractivity (Wildman–Crippen MR) is 112 cm³/mol. The van der Waals surface area contributed by atoms with Crippen molar-refractivity contribution in [3.05, 3.63) is 0 Å². The quantitative estimate of drug-likeness (QED) is 0.264. The van der Waals surface area contributed by atoms with Crippen molar-refractivity contribution < 1.29 is 0 Å². The summed E-state index contributed by atoms with van der Waals surface area (Å²) in [5.74, 6) is 0.941. The van der Waals surface area contributed by atoms with Gasteiger partial charge in [0.1, 0.15) is 0 Å². The minimum atomic E-state index is 0. The van der Waals surface area contributed by atoms with E-state index < -0.39 is 0 Å². The van der Waals surface area contributed by atoms with E-state index in [1.54, 1.807) is 0 Å². The van der Waals surface area contributed by atoms with Gasteiger partial charge >= 0.3 is 0 Å². The molecule has 1 atom stereocenters. The number of nitrogens with zero attached hydrogens (tertiary/aromatic N) is 3. The summed E-state index contributed by atoms with van der Waals surface area (Å²) in [7, 11) is 4.07. The van der Waals surface area contributed by atoms with Gasteiger partial charge < -0.3 is 20.4 Å². The van der Waals surface area contributed by atoms with Crippen LogP contribution in [0.25, 0.3) is 0 Å². The fourth-order valence-electron chi connectivity index (χ4n) is 2.86. The number of aliphatic imine (C=N–C) groups is 1. The maximum Gasteiger partial charge on any atom is 0.191 e. The maximum absolute atomic E-state index is 4.34. The van der Waals surface area contributed by atoms with Crippen LogP contribution in [0.3, 0.4) is 0 Å². The molecule has 0 spiro atoms. The summed E-state index contributed by atoms with van der Waals surface area (Å²) in [6, 6.07) is 0.490. The predicted octanol–water partition coefficient (Wildman–Crippen LogP) is 2.38. The van der Waals surface area contributed by atoms with Crippen LogP contribution in [0.2, 0.25) is 0 Å². The van der Waals surface area contributed by atoms with Gasteiger partial charge in [0, 0.05) is 39.3 Å². The zero-order chi connectivity index (χ0) is 16.2. The summed E-state index contributed by atoms with van der Waals surface area (Å²) in [6.07, 6.45) is 6.39. The molecule has 1 saturated heterocycles. The van der Waals surface area contributed by atoms with Crippen LogP contribution in [-0.4, -0.2) is 75.2 Å². The van der Waals surface area contributed by atoms with Crippen LogP contribution in [0, 0.1) is 0 Å². The summed E-state index contributed by atoms with van der Waals surface area (Å²) in [4.78, 5) is 9.31. The Morgan fingerprint density at radius 1 is 1.17 bits per heavy atom. The lowest BCUT2D eigenvalue weighted by atomic mass is 10.1. The van der Waals surface area contributed by atoms with Crippen molar-refractivity contribution in [3.8, 4) is 0 Å². The number of unbranched alkanes of at least 4 members (excludes halogenated alkanes) is 2. The monoisotopic (exact) mass is 439 g/mol. The van der Waals surface area contributed by atoms with Gasteiger partial charge in [-0.2, -0.15) is 0 Å². The van der Waals surface area contributed by atoms with E-state index in [-0.39, 0.29) is 24.0 Å². The van der Waals surface area contributed by atoms with Crippen molar-refractivity contribution in [2.24, 2.45) is 4.99 Å². The van der Waals surface area contributed by atoms with Crippen LogP contribution in [-0.2, 0) is 0 Å². The van der Waals surface area contributed by atoms with E-state index >= 15 is 0 Å². The van der Waals surface area contributed by atoms with Gasteiger partial charge in [0.2, 0.25) is 0 Å². The molecule has 2 N–H and O–H groups in total. The molecular formula is C17H38IN5. The first-order chi connectivity index (χ1) is 10.7. The molecule has 0 aliphatic carbocycles. The summed E-state index contributed by atoms with van der Waals surface area (Å²) < 4.78 is 0. The van der Waals surface area contributed by atoms with Gasteiger partial charge in [0.15, 0.2) is 5.96 Å². The molecule has 1 aliphatic rings.